The maximum absolute atomic E-state index is 2.44. The quantitative estimate of drug-likeness (QED) is 0.167. The van der Waals surface area contributed by atoms with Crippen LogP contribution in [-0.4, -0.2) is 0 Å². The highest BCUT2D eigenvalue weighted by Gasteiger charge is 2.20. The minimum absolute atomic E-state index is 1.11. The zero-order valence-corrected chi connectivity index (χ0v) is 27.0. The molecule has 9 rings (SSSR count). The number of para-hydroxylation sites is 1. The molecule has 0 heterocycles. The number of anilines is 3. The van der Waals surface area contributed by atoms with Crippen molar-refractivity contribution in [2.45, 2.75) is 0 Å². The second-order valence-electron chi connectivity index (χ2n) is 12.5. The predicted molar refractivity (Wildman–Crippen MR) is 210 cm³/mol. The van der Waals surface area contributed by atoms with E-state index in [1.54, 1.807) is 0 Å². The summed E-state index contributed by atoms with van der Waals surface area (Å²) in [5.41, 5.74) is 10.6. The van der Waals surface area contributed by atoms with Gasteiger partial charge in [0.1, 0.15) is 0 Å². The monoisotopic (exact) mass is 623 g/mol. The van der Waals surface area contributed by atoms with Crippen molar-refractivity contribution in [3.63, 3.8) is 0 Å². The lowest BCUT2D eigenvalue weighted by Gasteiger charge is -2.29. The summed E-state index contributed by atoms with van der Waals surface area (Å²) in [7, 11) is 0. The van der Waals surface area contributed by atoms with Gasteiger partial charge in [-0.2, -0.15) is 0 Å². The lowest BCUT2D eigenvalue weighted by Crippen LogP contribution is -2.12. The fourth-order valence-electron chi connectivity index (χ4n) is 7.30. The van der Waals surface area contributed by atoms with Crippen LogP contribution in [0.15, 0.2) is 200 Å². The number of hydrogen-bond acceptors (Lipinski definition) is 1. The van der Waals surface area contributed by atoms with Gasteiger partial charge in [0.05, 0.1) is 11.4 Å². The number of fused-ring (bicyclic) bond motifs is 4. The third-order valence-corrected chi connectivity index (χ3v) is 9.64. The second-order valence-corrected chi connectivity index (χ2v) is 12.5. The molecule has 0 bridgehead atoms. The van der Waals surface area contributed by atoms with E-state index in [9.17, 15) is 0 Å². The van der Waals surface area contributed by atoms with E-state index in [0.29, 0.717) is 0 Å². The van der Waals surface area contributed by atoms with Crippen LogP contribution in [0.4, 0.5) is 17.1 Å². The standard InChI is InChI=1S/C48H33N/c1-2-14-36(15-3-1)44-23-10-11-27-47(44)49(48-33-39-17-5-7-22-43(39)45-24-8-9-25-46(45)48)40-30-28-34(29-31-40)37-19-12-20-38(32-37)42-26-13-18-35-16-4-6-21-41(35)42/h1-33H. The summed E-state index contributed by atoms with van der Waals surface area (Å²) in [6.07, 6.45) is 0. The van der Waals surface area contributed by atoms with Crippen molar-refractivity contribution in [1.82, 2.24) is 0 Å². The summed E-state index contributed by atoms with van der Waals surface area (Å²) in [5.74, 6) is 0. The number of benzene rings is 9. The number of rotatable bonds is 6. The van der Waals surface area contributed by atoms with Gasteiger partial charge < -0.3 is 4.90 Å². The van der Waals surface area contributed by atoms with Crippen molar-refractivity contribution >= 4 is 49.4 Å². The van der Waals surface area contributed by atoms with Gasteiger partial charge in [0, 0.05) is 16.6 Å². The van der Waals surface area contributed by atoms with E-state index in [1.807, 2.05) is 0 Å². The first-order valence-electron chi connectivity index (χ1n) is 16.9. The van der Waals surface area contributed by atoms with Gasteiger partial charge in [-0.25, -0.2) is 0 Å². The van der Waals surface area contributed by atoms with Crippen LogP contribution < -0.4 is 4.90 Å². The molecule has 49 heavy (non-hydrogen) atoms. The third-order valence-electron chi connectivity index (χ3n) is 9.64. The molecule has 0 spiro atoms. The average Bonchev–Trinajstić information content (AvgIpc) is 3.19. The van der Waals surface area contributed by atoms with Crippen LogP contribution in [0.25, 0.3) is 65.7 Å². The van der Waals surface area contributed by atoms with Gasteiger partial charge >= 0.3 is 0 Å². The molecule has 1 nitrogen and oxygen atoms in total. The van der Waals surface area contributed by atoms with Crippen molar-refractivity contribution in [1.29, 1.82) is 0 Å². The molecule has 0 aliphatic heterocycles. The van der Waals surface area contributed by atoms with Crippen LogP contribution in [0.3, 0.4) is 0 Å². The lowest BCUT2D eigenvalue weighted by molar-refractivity contribution is 1.30. The molecule has 9 aromatic rings. The van der Waals surface area contributed by atoms with Gasteiger partial charge in [-0.05, 0) is 85.1 Å². The second kappa shape index (κ2) is 12.3. The van der Waals surface area contributed by atoms with Crippen molar-refractivity contribution in [2.75, 3.05) is 4.90 Å². The first-order valence-corrected chi connectivity index (χ1v) is 16.9. The SMILES string of the molecule is c1ccc(-c2ccccc2N(c2ccc(-c3cccc(-c4cccc5ccccc45)c3)cc2)c2cc3ccccc3c3ccccc23)cc1. The molecule has 0 saturated heterocycles. The Morgan fingerprint density at radius 3 is 1.67 bits per heavy atom. The molecule has 1 heteroatoms. The average molecular weight is 624 g/mol. The maximum atomic E-state index is 2.44. The van der Waals surface area contributed by atoms with E-state index < -0.39 is 0 Å². The Kier molecular flexibility index (Phi) is 7.22. The van der Waals surface area contributed by atoms with E-state index in [1.165, 1.54) is 65.7 Å². The fraction of sp³-hybridized carbons (Fsp3) is 0. The smallest absolute Gasteiger partial charge is 0.0546 e. The van der Waals surface area contributed by atoms with Gasteiger partial charge in [0.2, 0.25) is 0 Å². The molecule has 0 N–H and O–H groups in total. The number of hydrogen-bond donors (Lipinski definition) is 0. The molecule has 0 radical (unpaired) electrons. The zero-order valence-electron chi connectivity index (χ0n) is 27.0. The Balaban J connectivity index is 1.21. The van der Waals surface area contributed by atoms with Crippen molar-refractivity contribution in [3.05, 3.63) is 200 Å². The Labute approximate surface area is 287 Å². The highest BCUT2D eigenvalue weighted by atomic mass is 15.1. The summed E-state index contributed by atoms with van der Waals surface area (Å²) < 4.78 is 0. The van der Waals surface area contributed by atoms with Gasteiger partial charge in [0.15, 0.2) is 0 Å². The molecule has 0 fully saturated rings. The maximum Gasteiger partial charge on any atom is 0.0546 e. The van der Waals surface area contributed by atoms with E-state index in [2.05, 4.69) is 205 Å². The molecule has 0 unspecified atom stereocenters. The van der Waals surface area contributed by atoms with Crippen LogP contribution in [0.5, 0.6) is 0 Å². The zero-order chi connectivity index (χ0) is 32.6. The molecule has 0 saturated carbocycles. The van der Waals surface area contributed by atoms with E-state index in [-0.39, 0.29) is 0 Å². The Morgan fingerprint density at radius 1 is 0.265 bits per heavy atom. The van der Waals surface area contributed by atoms with Crippen LogP contribution >= 0.6 is 0 Å². The summed E-state index contributed by atoms with van der Waals surface area (Å²) in [6, 6.07) is 72.4. The molecule has 0 aliphatic carbocycles. The van der Waals surface area contributed by atoms with Gasteiger partial charge in [-0.3, -0.25) is 0 Å². The van der Waals surface area contributed by atoms with E-state index in [4.69, 9.17) is 0 Å². The molecular formula is C48H33N. The molecule has 0 aromatic heterocycles. The number of nitrogens with zero attached hydrogens (tertiary/aromatic N) is 1. The van der Waals surface area contributed by atoms with Gasteiger partial charge in [0.25, 0.3) is 0 Å². The largest absolute Gasteiger partial charge is 0.309 e. The normalized spacial score (nSPS) is 11.3. The van der Waals surface area contributed by atoms with Crippen LogP contribution in [0.1, 0.15) is 0 Å². The van der Waals surface area contributed by atoms with Gasteiger partial charge in [-0.15, -0.1) is 0 Å². The van der Waals surface area contributed by atoms with Crippen LogP contribution in [0.2, 0.25) is 0 Å². The minimum Gasteiger partial charge on any atom is -0.309 e. The first-order chi connectivity index (χ1) is 24.3. The molecule has 9 aromatic carbocycles. The molecule has 0 aliphatic rings. The van der Waals surface area contributed by atoms with Crippen LogP contribution in [0, 0.1) is 0 Å². The summed E-state index contributed by atoms with van der Waals surface area (Å²) in [5, 5.41) is 7.48. The van der Waals surface area contributed by atoms with Crippen molar-refractivity contribution in [2.24, 2.45) is 0 Å². The summed E-state index contributed by atoms with van der Waals surface area (Å²) in [6.45, 7) is 0. The fourth-order valence-corrected chi connectivity index (χ4v) is 7.30. The Morgan fingerprint density at radius 2 is 0.837 bits per heavy atom. The molecule has 0 atom stereocenters. The Bertz CT molecular complexity index is 2590. The topological polar surface area (TPSA) is 3.24 Å². The summed E-state index contributed by atoms with van der Waals surface area (Å²) >= 11 is 0. The van der Waals surface area contributed by atoms with Crippen LogP contribution in [-0.2, 0) is 0 Å². The molecule has 230 valence electrons. The van der Waals surface area contributed by atoms with Crippen molar-refractivity contribution < 1.29 is 0 Å². The highest BCUT2D eigenvalue weighted by Crippen LogP contribution is 2.45. The predicted octanol–water partition coefficient (Wildman–Crippen LogP) is 13.6. The molecule has 0 amide bonds. The summed E-state index contributed by atoms with van der Waals surface area (Å²) in [4.78, 5) is 2.44. The third kappa shape index (κ3) is 5.23. The van der Waals surface area contributed by atoms with Crippen molar-refractivity contribution in [3.8, 4) is 33.4 Å². The highest BCUT2D eigenvalue weighted by molar-refractivity contribution is 6.15. The Hall–Kier alpha value is -6.44. The molecular weight excluding hydrogens is 591 g/mol. The van der Waals surface area contributed by atoms with Gasteiger partial charge in [-0.1, -0.05) is 170 Å². The van der Waals surface area contributed by atoms with E-state index in [0.717, 1.165) is 17.1 Å². The lowest BCUT2D eigenvalue weighted by atomic mass is 9.95. The first kappa shape index (κ1) is 28.8. The minimum atomic E-state index is 1.11. The van der Waals surface area contributed by atoms with E-state index >= 15 is 0 Å².